The first-order chi connectivity index (χ1) is 9.68. The van der Waals surface area contributed by atoms with Crippen LogP contribution in [0.3, 0.4) is 0 Å². The van der Waals surface area contributed by atoms with Gasteiger partial charge in [0.25, 0.3) is 0 Å². The number of sulfonamides is 1. The molecular weight excluding hydrogens is 272 g/mol. The molecule has 0 radical (unpaired) electrons. The summed E-state index contributed by atoms with van der Waals surface area (Å²) in [7, 11) is -3.30. The summed E-state index contributed by atoms with van der Waals surface area (Å²) >= 11 is 0. The molecule has 1 atom stereocenters. The monoisotopic (exact) mass is 294 g/mol. The lowest BCUT2D eigenvalue weighted by molar-refractivity contribution is 0.169. The highest BCUT2D eigenvalue weighted by molar-refractivity contribution is 7.89. The molecule has 0 bridgehead atoms. The van der Waals surface area contributed by atoms with Crippen LogP contribution in [0.2, 0.25) is 0 Å². The molecule has 1 unspecified atom stereocenters. The first-order valence-electron chi connectivity index (χ1n) is 7.47. The van der Waals surface area contributed by atoms with Gasteiger partial charge in [0.2, 0.25) is 10.0 Å². The molecule has 2 fully saturated rings. The van der Waals surface area contributed by atoms with Gasteiger partial charge in [-0.2, -0.15) is 4.31 Å². The van der Waals surface area contributed by atoms with E-state index in [1.807, 2.05) is 6.07 Å². The minimum absolute atomic E-state index is 0.411. The van der Waals surface area contributed by atoms with Gasteiger partial charge in [0.1, 0.15) is 0 Å². The average Bonchev–Trinajstić information content (AvgIpc) is 3.00. The fourth-order valence-electron chi connectivity index (χ4n) is 3.25. The molecule has 0 saturated carbocycles. The number of nitrogens with zero attached hydrogens (tertiary/aromatic N) is 2. The summed E-state index contributed by atoms with van der Waals surface area (Å²) in [6.07, 6.45) is 4.78. The maximum Gasteiger partial charge on any atom is 0.243 e. The predicted molar refractivity (Wildman–Crippen MR) is 79.0 cm³/mol. The van der Waals surface area contributed by atoms with Gasteiger partial charge in [-0.1, -0.05) is 24.6 Å². The third-order valence-corrected chi connectivity index (χ3v) is 6.29. The van der Waals surface area contributed by atoms with Crippen LogP contribution in [-0.4, -0.2) is 49.8 Å². The van der Waals surface area contributed by atoms with E-state index in [0.717, 1.165) is 19.5 Å². The fraction of sp³-hybridized carbons (Fsp3) is 0.600. The first kappa shape index (κ1) is 14.0. The smallest absolute Gasteiger partial charge is 0.243 e. The quantitative estimate of drug-likeness (QED) is 0.855. The lowest BCUT2D eigenvalue weighted by Crippen LogP contribution is -2.41. The number of piperidine rings is 1. The third-order valence-electron chi connectivity index (χ3n) is 4.41. The van der Waals surface area contributed by atoms with Crippen molar-refractivity contribution in [2.75, 3.05) is 26.2 Å². The van der Waals surface area contributed by atoms with Crippen LogP contribution in [0, 0.1) is 0 Å². The molecule has 2 aliphatic rings. The highest BCUT2D eigenvalue weighted by Crippen LogP contribution is 2.25. The zero-order valence-electron chi connectivity index (χ0n) is 11.7. The van der Waals surface area contributed by atoms with Crippen molar-refractivity contribution in [2.45, 2.75) is 36.6 Å². The van der Waals surface area contributed by atoms with Gasteiger partial charge in [-0.25, -0.2) is 8.42 Å². The highest BCUT2D eigenvalue weighted by atomic mass is 32.2. The zero-order valence-corrected chi connectivity index (χ0v) is 12.6. The Bertz CT molecular complexity index is 538. The summed E-state index contributed by atoms with van der Waals surface area (Å²) in [6, 6.07) is 9.19. The Balaban J connectivity index is 1.70. The minimum Gasteiger partial charge on any atom is -0.299 e. The van der Waals surface area contributed by atoms with E-state index in [0.29, 0.717) is 24.0 Å². The Morgan fingerprint density at radius 1 is 0.950 bits per heavy atom. The maximum absolute atomic E-state index is 12.6. The zero-order chi connectivity index (χ0) is 14.0. The molecule has 0 aromatic heterocycles. The van der Waals surface area contributed by atoms with Gasteiger partial charge < -0.3 is 0 Å². The summed E-state index contributed by atoms with van der Waals surface area (Å²) in [5.41, 5.74) is 0. The average molecular weight is 294 g/mol. The lowest BCUT2D eigenvalue weighted by atomic mass is 10.1. The van der Waals surface area contributed by atoms with Crippen LogP contribution in [0.1, 0.15) is 25.7 Å². The van der Waals surface area contributed by atoms with Gasteiger partial charge in [0.05, 0.1) is 4.90 Å². The van der Waals surface area contributed by atoms with E-state index in [-0.39, 0.29) is 0 Å². The number of hydrogen-bond donors (Lipinski definition) is 0. The molecule has 1 aromatic rings. The molecule has 2 heterocycles. The van der Waals surface area contributed by atoms with Gasteiger partial charge in [0.15, 0.2) is 0 Å². The molecule has 3 rings (SSSR count). The van der Waals surface area contributed by atoms with Crippen molar-refractivity contribution >= 4 is 10.0 Å². The van der Waals surface area contributed by atoms with Crippen molar-refractivity contribution in [1.29, 1.82) is 0 Å². The fourth-order valence-corrected chi connectivity index (χ4v) is 4.77. The summed E-state index contributed by atoms with van der Waals surface area (Å²) in [5.74, 6) is 0. The summed E-state index contributed by atoms with van der Waals surface area (Å²) in [5, 5.41) is 0. The van der Waals surface area contributed by atoms with E-state index in [1.54, 1.807) is 28.6 Å². The van der Waals surface area contributed by atoms with Crippen LogP contribution in [0.25, 0.3) is 0 Å². The second-order valence-electron chi connectivity index (χ2n) is 5.72. The van der Waals surface area contributed by atoms with Crippen molar-refractivity contribution in [2.24, 2.45) is 0 Å². The summed E-state index contributed by atoms with van der Waals surface area (Å²) < 4.78 is 26.8. The van der Waals surface area contributed by atoms with E-state index in [1.165, 1.54) is 19.3 Å². The number of hydrogen-bond acceptors (Lipinski definition) is 3. The van der Waals surface area contributed by atoms with Crippen molar-refractivity contribution in [3.05, 3.63) is 30.3 Å². The molecule has 5 heteroatoms. The molecule has 2 saturated heterocycles. The van der Waals surface area contributed by atoms with Gasteiger partial charge >= 0.3 is 0 Å². The highest BCUT2D eigenvalue weighted by Gasteiger charge is 2.35. The first-order valence-corrected chi connectivity index (χ1v) is 8.91. The minimum atomic E-state index is -3.30. The number of rotatable bonds is 3. The Morgan fingerprint density at radius 3 is 2.35 bits per heavy atom. The lowest BCUT2D eigenvalue weighted by Gasteiger charge is -2.32. The van der Waals surface area contributed by atoms with Crippen molar-refractivity contribution in [1.82, 2.24) is 9.21 Å². The van der Waals surface area contributed by atoms with Crippen molar-refractivity contribution < 1.29 is 8.42 Å². The van der Waals surface area contributed by atoms with E-state index in [2.05, 4.69) is 4.90 Å². The van der Waals surface area contributed by atoms with Crippen LogP contribution in [0.15, 0.2) is 35.2 Å². The molecule has 20 heavy (non-hydrogen) atoms. The molecule has 0 aliphatic carbocycles. The second-order valence-corrected chi connectivity index (χ2v) is 7.65. The molecule has 110 valence electrons. The Kier molecular flexibility index (Phi) is 4.10. The van der Waals surface area contributed by atoms with Gasteiger partial charge in [0, 0.05) is 19.1 Å². The topological polar surface area (TPSA) is 40.6 Å². The maximum atomic E-state index is 12.6. The molecule has 1 aromatic carbocycles. The summed E-state index contributed by atoms with van der Waals surface area (Å²) in [4.78, 5) is 2.89. The van der Waals surface area contributed by atoms with Crippen LogP contribution in [-0.2, 0) is 10.0 Å². The third kappa shape index (κ3) is 2.75. The summed E-state index contributed by atoms with van der Waals surface area (Å²) in [6.45, 7) is 3.56. The number of likely N-dealkylation sites (tertiary alicyclic amines) is 1. The van der Waals surface area contributed by atoms with Crippen LogP contribution in [0.5, 0.6) is 0 Å². The van der Waals surface area contributed by atoms with E-state index in [4.69, 9.17) is 0 Å². The van der Waals surface area contributed by atoms with Crippen LogP contribution >= 0.6 is 0 Å². The standard InChI is InChI=1S/C15H22N2O2S/c18-20(19,15-7-3-1-4-8-15)17-12-9-14(13-17)16-10-5-2-6-11-16/h1,3-4,7-8,14H,2,5-6,9-13H2. The molecule has 0 amide bonds. The van der Waals surface area contributed by atoms with E-state index in [9.17, 15) is 8.42 Å². The normalized spacial score (nSPS) is 25.9. The molecular formula is C15H22N2O2S. The Morgan fingerprint density at radius 2 is 1.65 bits per heavy atom. The van der Waals surface area contributed by atoms with Crippen molar-refractivity contribution in [3.8, 4) is 0 Å². The van der Waals surface area contributed by atoms with Gasteiger partial charge in [-0.15, -0.1) is 0 Å². The predicted octanol–water partition coefficient (Wildman–Crippen LogP) is 1.94. The molecule has 4 nitrogen and oxygen atoms in total. The van der Waals surface area contributed by atoms with E-state index >= 15 is 0 Å². The Hall–Kier alpha value is -0.910. The number of benzene rings is 1. The Labute approximate surface area is 121 Å². The molecule has 0 spiro atoms. The van der Waals surface area contributed by atoms with Crippen LogP contribution < -0.4 is 0 Å². The SMILES string of the molecule is O=S(=O)(c1ccccc1)N1CCC(N2CCCCC2)C1. The second kappa shape index (κ2) is 5.84. The van der Waals surface area contributed by atoms with Crippen LogP contribution in [0.4, 0.5) is 0 Å². The largest absolute Gasteiger partial charge is 0.299 e. The van der Waals surface area contributed by atoms with Crippen molar-refractivity contribution in [3.63, 3.8) is 0 Å². The van der Waals surface area contributed by atoms with Gasteiger partial charge in [-0.05, 0) is 44.5 Å². The molecule has 0 N–H and O–H groups in total. The molecule has 2 aliphatic heterocycles. The van der Waals surface area contributed by atoms with Gasteiger partial charge in [-0.3, -0.25) is 4.90 Å². The van der Waals surface area contributed by atoms with E-state index < -0.39 is 10.0 Å².